The van der Waals surface area contributed by atoms with Crippen LogP contribution in [0.25, 0.3) is 0 Å². The van der Waals surface area contributed by atoms with Gasteiger partial charge in [0.25, 0.3) is 5.16 Å². The van der Waals surface area contributed by atoms with Gasteiger partial charge in [0, 0.05) is 0 Å². The molecule has 0 aliphatic rings. The maximum atomic E-state index is 11.2. The van der Waals surface area contributed by atoms with Gasteiger partial charge in [-0.2, -0.15) is 4.37 Å². The van der Waals surface area contributed by atoms with Crippen molar-refractivity contribution in [3.8, 4) is 0 Å². The lowest BCUT2D eigenvalue weighted by atomic mass is 10.6. The maximum Gasteiger partial charge on any atom is 0.258 e. The fourth-order valence-corrected chi connectivity index (χ4v) is 2.57. The Morgan fingerprint density at radius 3 is 2.82 bits per heavy atom. The molecule has 62 valence electrons. The molecule has 0 radical (unpaired) electrons. The van der Waals surface area contributed by atoms with Crippen molar-refractivity contribution < 1.29 is 8.42 Å². The molecule has 0 aliphatic heterocycles. The Balaban J connectivity index is 2.92. The molecule has 0 aliphatic carbocycles. The molecular formula is C5H8N2O2S2. The molecule has 0 bridgehead atoms. The molecule has 0 amide bonds. The van der Waals surface area contributed by atoms with E-state index in [1.165, 1.54) is 5.51 Å². The van der Waals surface area contributed by atoms with Gasteiger partial charge in [-0.05, 0) is 18.0 Å². The molecule has 4 nitrogen and oxygen atoms in total. The minimum atomic E-state index is -3.18. The van der Waals surface area contributed by atoms with Crippen LogP contribution in [0.5, 0.6) is 0 Å². The molecule has 0 aromatic carbocycles. The smallest absolute Gasteiger partial charge is 0.220 e. The van der Waals surface area contributed by atoms with E-state index in [1.54, 1.807) is 0 Å². The number of nitrogens with zero attached hydrogens (tertiary/aromatic N) is 2. The average Bonchev–Trinajstić information content (AvgIpc) is 2.37. The zero-order valence-corrected chi connectivity index (χ0v) is 7.65. The maximum absolute atomic E-state index is 11.2. The van der Waals surface area contributed by atoms with Crippen LogP contribution in [-0.4, -0.2) is 23.5 Å². The van der Waals surface area contributed by atoms with Crippen molar-refractivity contribution in [2.45, 2.75) is 18.5 Å². The van der Waals surface area contributed by atoms with E-state index in [2.05, 4.69) is 9.36 Å². The second-order valence-corrected chi connectivity index (χ2v) is 4.64. The summed E-state index contributed by atoms with van der Waals surface area (Å²) >= 11 is 1.05. The lowest BCUT2D eigenvalue weighted by molar-refractivity contribution is 0.588. The Morgan fingerprint density at radius 1 is 1.64 bits per heavy atom. The van der Waals surface area contributed by atoms with Gasteiger partial charge in [-0.3, -0.25) is 0 Å². The van der Waals surface area contributed by atoms with E-state index in [-0.39, 0.29) is 10.9 Å². The lowest BCUT2D eigenvalue weighted by Gasteiger charge is -1.93. The van der Waals surface area contributed by atoms with Gasteiger partial charge in [0.05, 0.1) is 5.75 Å². The zero-order valence-electron chi connectivity index (χ0n) is 6.02. The predicted molar refractivity (Wildman–Crippen MR) is 42.3 cm³/mol. The first-order chi connectivity index (χ1) is 5.17. The number of sulfone groups is 1. The van der Waals surface area contributed by atoms with Gasteiger partial charge in [0.15, 0.2) is 0 Å². The SMILES string of the molecule is CCCS(=O)(=O)c1ncsn1. The molecule has 0 spiro atoms. The van der Waals surface area contributed by atoms with Crippen LogP contribution in [0.4, 0.5) is 0 Å². The van der Waals surface area contributed by atoms with E-state index in [1.807, 2.05) is 6.92 Å². The predicted octanol–water partition coefficient (Wildman–Crippen LogP) is 0.722. The summed E-state index contributed by atoms with van der Waals surface area (Å²) in [6.07, 6.45) is 0.599. The van der Waals surface area contributed by atoms with E-state index in [9.17, 15) is 8.42 Å². The van der Waals surface area contributed by atoms with Gasteiger partial charge < -0.3 is 0 Å². The van der Waals surface area contributed by atoms with Crippen LogP contribution < -0.4 is 0 Å². The molecule has 1 aromatic rings. The molecule has 1 aromatic heterocycles. The van der Waals surface area contributed by atoms with Crippen molar-refractivity contribution in [2.75, 3.05) is 5.75 Å². The summed E-state index contributed by atoms with van der Waals surface area (Å²) in [6.45, 7) is 1.81. The normalized spacial score (nSPS) is 11.7. The first-order valence-corrected chi connectivity index (χ1v) is 5.65. The Bertz CT molecular complexity index is 303. The molecule has 11 heavy (non-hydrogen) atoms. The average molecular weight is 192 g/mol. The third-order valence-corrected chi connectivity index (χ3v) is 3.38. The molecule has 1 heterocycles. The third kappa shape index (κ3) is 1.97. The van der Waals surface area contributed by atoms with Crippen LogP contribution in [0.2, 0.25) is 0 Å². The zero-order chi connectivity index (χ0) is 8.32. The molecule has 0 saturated heterocycles. The summed E-state index contributed by atoms with van der Waals surface area (Å²) in [6, 6.07) is 0. The van der Waals surface area contributed by atoms with E-state index < -0.39 is 9.84 Å². The fourth-order valence-electron chi connectivity index (χ4n) is 0.658. The van der Waals surface area contributed by atoms with Crippen LogP contribution >= 0.6 is 11.5 Å². The molecule has 0 N–H and O–H groups in total. The summed E-state index contributed by atoms with van der Waals surface area (Å²) in [5, 5.41) is -0.0376. The van der Waals surface area contributed by atoms with E-state index in [4.69, 9.17) is 0 Å². The topological polar surface area (TPSA) is 59.9 Å². The van der Waals surface area contributed by atoms with Crippen LogP contribution in [0.15, 0.2) is 10.7 Å². The number of aromatic nitrogens is 2. The molecule has 1 rings (SSSR count). The van der Waals surface area contributed by atoms with Crippen LogP contribution in [0, 0.1) is 0 Å². The third-order valence-electron chi connectivity index (χ3n) is 1.09. The summed E-state index contributed by atoms with van der Waals surface area (Å²) in [4.78, 5) is 3.63. The Hall–Kier alpha value is -0.490. The molecule has 0 unspecified atom stereocenters. The largest absolute Gasteiger partial charge is 0.258 e. The number of hydrogen-bond acceptors (Lipinski definition) is 5. The highest BCUT2D eigenvalue weighted by Gasteiger charge is 2.16. The van der Waals surface area contributed by atoms with Crippen LogP contribution in [-0.2, 0) is 9.84 Å². The van der Waals surface area contributed by atoms with Crippen molar-refractivity contribution in [3.05, 3.63) is 5.51 Å². The van der Waals surface area contributed by atoms with Gasteiger partial charge in [0.2, 0.25) is 9.84 Å². The standard InChI is InChI=1S/C5H8N2O2S2/c1-2-3-11(8,9)5-6-4-10-7-5/h4H,2-3H2,1H3. The second-order valence-electron chi connectivity index (χ2n) is 2.03. The highest BCUT2D eigenvalue weighted by Crippen LogP contribution is 2.06. The van der Waals surface area contributed by atoms with Gasteiger partial charge in [-0.15, -0.1) is 0 Å². The summed E-state index contributed by atoms with van der Waals surface area (Å²) < 4.78 is 26.0. The molecular weight excluding hydrogens is 184 g/mol. The van der Waals surface area contributed by atoms with Crippen molar-refractivity contribution >= 4 is 21.4 Å². The number of hydrogen-bond donors (Lipinski definition) is 0. The Kier molecular flexibility index (Phi) is 2.56. The first-order valence-electron chi connectivity index (χ1n) is 3.16. The van der Waals surface area contributed by atoms with Gasteiger partial charge in [0.1, 0.15) is 5.51 Å². The van der Waals surface area contributed by atoms with E-state index in [0.717, 1.165) is 11.5 Å². The van der Waals surface area contributed by atoms with Gasteiger partial charge in [-0.25, -0.2) is 13.4 Å². The molecule has 0 saturated carbocycles. The highest BCUT2D eigenvalue weighted by molar-refractivity contribution is 7.91. The van der Waals surface area contributed by atoms with Gasteiger partial charge in [-0.1, -0.05) is 6.92 Å². The molecule has 6 heteroatoms. The van der Waals surface area contributed by atoms with Crippen LogP contribution in [0.1, 0.15) is 13.3 Å². The lowest BCUT2D eigenvalue weighted by Crippen LogP contribution is -2.07. The quantitative estimate of drug-likeness (QED) is 0.708. The van der Waals surface area contributed by atoms with Crippen molar-refractivity contribution in [2.24, 2.45) is 0 Å². The first kappa shape index (κ1) is 8.61. The highest BCUT2D eigenvalue weighted by atomic mass is 32.2. The fraction of sp³-hybridized carbons (Fsp3) is 0.600. The van der Waals surface area contributed by atoms with Crippen LogP contribution in [0.3, 0.4) is 0 Å². The van der Waals surface area contributed by atoms with Gasteiger partial charge >= 0.3 is 0 Å². The van der Waals surface area contributed by atoms with E-state index >= 15 is 0 Å². The summed E-state index contributed by atoms with van der Waals surface area (Å²) in [7, 11) is -3.18. The number of rotatable bonds is 3. The Labute approximate surface area is 69.4 Å². The second kappa shape index (κ2) is 3.27. The Morgan fingerprint density at radius 2 is 2.36 bits per heavy atom. The minimum Gasteiger partial charge on any atom is -0.220 e. The van der Waals surface area contributed by atoms with Crippen molar-refractivity contribution in [3.63, 3.8) is 0 Å². The van der Waals surface area contributed by atoms with Crippen molar-refractivity contribution in [1.82, 2.24) is 9.36 Å². The molecule has 0 fully saturated rings. The minimum absolute atomic E-state index is 0.0376. The summed E-state index contributed by atoms with van der Waals surface area (Å²) in [5.41, 5.74) is 1.42. The van der Waals surface area contributed by atoms with E-state index in [0.29, 0.717) is 6.42 Å². The molecule has 0 atom stereocenters. The monoisotopic (exact) mass is 192 g/mol. The summed E-state index contributed by atoms with van der Waals surface area (Å²) in [5.74, 6) is 0.129. The van der Waals surface area contributed by atoms with Crippen molar-refractivity contribution in [1.29, 1.82) is 0 Å².